The number of methoxy groups -OCH3 is 1. The number of carboxylic acid groups (broad SMARTS) is 1. The highest BCUT2D eigenvalue weighted by atomic mass is 16.5. The molecule has 0 saturated heterocycles. The van der Waals surface area contributed by atoms with Crippen LogP contribution >= 0.6 is 0 Å². The molecule has 0 bridgehead atoms. The van der Waals surface area contributed by atoms with Gasteiger partial charge in [-0.05, 0) is 13.3 Å². The molecule has 0 aromatic rings. The van der Waals surface area contributed by atoms with Crippen LogP contribution in [0.3, 0.4) is 0 Å². The first-order chi connectivity index (χ1) is 6.49. The van der Waals surface area contributed by atoms with Crippen LogP contribution in [0.1, 0.15) is 13.3 Å². The Bertz CT molecular complexity index is 208. The molecule has 0 heterocycles. The van der Waals surface area contributed by atoms with E-state index in [0.29, 0.717) is 13.0 Å². The van der Waals surface area contributed by atoms with Crippen molar-refractivity contribution in [2.75, 3.05) is 13.7 Å². The zero-order valence-electron chi connectivity index (χ0n) is 8.32. The molecule has 0 fully saturated rings. The average Bonchev–Trinajstić information content (AvgIpc) is 2.13. The summed E-state index contributed by atoms with van der Waals surface area (Å²) in [4.78, 5) is 21.6. The van der Waals surface area contributed by atoms with Gasteiger partial charge < -0.3 is 20.9 Å². The summed E-state index contributed by atoms with van der Waals surface area (Å²) < 4.78 is 4.74. The predicted molar refractivity (Wildman–Crippen MR) is 49.7 cm³/mol. The summed E-state index contributed by atoms with van der Waals surface area (Å²) in [5.74, 6) is -1.56. The Hall–Kier alpha value is -1.14. The zero-order chi connectivity index (χ0) is 11.1. The smallest absolute Gasteiger partial charge is 0.325 e. The molecule has 4 N–H and O–H groups in total. The van der Waals surface area contributed by atoms with Crippen LogP contribution in [0.2, 0.25) is 0 Å². The van der Waals surface area contributed by atoms with Crippen molar-refractivity contribution in [3.63, 3.8) is 0 Å². The molecule has 0 spiro atoms. The molecule has 82 valence electrons. The van der Waals surface area contributed by atoms with E-state index in [1.807, 2.05) is 0 Å². The monoisotopic (exact) mass is 204 g/mol. The number of aliphatic carboxylic acids is 1. The van der Waals surface area contributed by atoms with Crippen LogP contribution in [0, 0.1) is 0 Å². The number of amides is 1. The Balaban J connectivity index is 3.88. The van der Waals surface area contributed by atoms with Gasteiger partial charge in [0, 0.05) is 13.7 Å². The van der Waals surface area contributed by atoms with Crippen molar-refractivity contribution >= 4 is 11.9 Å². The molecule has 2 atom stereocenters. The largest absolute Gasteiger partial charge is 0.480 e. The number of nitrogens with one attached hydrogen (secondary N) is 1. The van der Waals surface area contributed by atoms with Gasteiger partial charge in [-0.3, -0.25) is 9.59 Å². The highest BCUT2D eigenvalue weighted by Gasteiger charge is 2.18. The van der Waals surface area contributed by atoms with Crippen molar-refractivity contribution in [3.8, 4) is 0 Å². The summed E-state index contributed by atoms with van der Waals surface area (Å²) in [6.07, 6.45) is 0.370. The van der Waals surface area contributed by atoms with E-state index in [0.717, 1.165) is 0 Å². The van der Waals surface area contributed by atoms with E-state index in [2.05, 4.69) is 5.32 Å². The maximum Gasteiger partial charge on any atom is 0.325 e. The second-order valence-corrected chi connectivity index (χ2v) is 2.96. The minimum absolute atomic E-state index is 0.370. The van der Waals surface area contributed by atoms with Crippen molar-refractivity contribution in [2.24, 2.45) is 5.73 Å². The lowest BCUT2D eigenvalue weighted by molar-refractivity contribution is -0.141. The lowest BCUT2D eigenvalue weighted by atomic mass is 10.2. The minimum atomic E-state index is -1.09. The molecular weight excluding hydrogens is 188 g/mol. The Morgan fingerprint density at radius 1 is 1.57 bits per heavy atom. The molecule has 0 radical (unpaired) electrons. The molecule has 6 nitrogen and oxygen atoms in total. The first kappa shape index (κ1) is 12.9. The van der Waals surface area contributed by atoms with Gasteiger partial charge in [-0.25, -0.2) is 0 Å². The molecule has 0 aromatic heterocycles. The summed E-state index contributed by atoms with van der Waals surface area (Å²) in [6, 6.07) is -1.65. The number of carbonyl (C=O) groups excluding carboxylic acids is 1. The van der Waals surface area contributed by atoms with Crippen molar-refractivity contribution in [1.29, 1.82) is 0 Å². The Morgan fingerprint density at radius 2 is 2.14 bits per heavy atom. The van der Waals surface area contributed by atoms with E-state index in [1.165, 1.54) is 14.0 Å². The summed E-state index contributed by atoms with van der Waals surface area (Å²) in [5, 5.41) is 10.8. The SMILES string of the molecule is COCCC(N)C(=O)N[C@H](C)C(=O)O. The lowest BCUT2D eigenvalue weighted by Gasteiger charge is -2.14. The van der Waals surface area contributed by atoms with Gasteiger partial charge in [-0.15, -0.1) is 0 Å². The first-order valence-electron chi connectivity index (χ1n) is 4.26. The third-order valence-corrected chi connectivity index (χ3v) is 1.70. The fraction of sp³-hybridized carbons (Fsp3) is 0.750. The fourth-order valence-corrected chi connectivity index (χ4v) is 0.758. The number of rotatable bonds is 6. The normalized spacial score (nSPS) is 14.5. The Kier molecular flexibility index (Phi) is 5.82. The zero-order valence-corrected chi connectivity index (χ0v) is 8.32. The fourth-order valence-electron chi connectivity index (χ4n) is 0.758. The quantitative estimate of drug-likeness (QED) is 0.512. The van der Waals surface area contributed by atoms with Gasteiger partial charge in [-0.1, -0.05) is 0 Å². The van der Waals surface area contributed by atoms with E-state index < -0.39 is 24.0 Å². The number of ether oxygens (including phenoxy) is 1. The Morgan fingerprint density at radius 3 is 2.57 bits per heavy atom. The van der Waals surface area contributed by atoms with Crippen LogP contribution < -0.4 is 11.1 Å². The number of carboxylic acids is 1. The van der Waals surface area contributed by atoms with Crippen LogP contribution in [-0.4, -0.2) is 42.8 Å². The number of hydrogen-bond acceptors (Lipinski definition) is 4. The maximum absolute atomic E-state index is 11.2. The standard InChI is InChI=1S/C8H16N2O4/c1-5(8(12)13)10-7(11)6(9)3-4-14-2/h5-6H,3-4,9H2,1-2H3,(H,10,11)(H,12,13)/t5-,6?/m1/s1. The van der Waals surface area contributed by atoms with E-state index in [1.54, 1.807) is 0 Å². The third kappa shape index (κ3) is 4.78. The highest BCUT2D eigenvalue weighted by molar-refractivity contribution is 5.86. The molecule has 0 rings (SSSR count). The topological polar surface area (TPSA) is 102 Å². The van der Waals surface area contributed by atoms with Crippen LogP contribution in [-0.2, 0) is 14.3 Å². The molecule has 0 aliphatic heterocycles. The molecule has 0 aliphatic rings. The number of nitrogens with two attached hydrogens (primary N) is 1. The van der Waals surface area contributed by atoms with Crippen LogP contribution in [0.4, 0.5) is 0 Å². The molecular formula is C8H16N2O4. The summed E-state index contributed by atoms with van der Waals surface area (Å²) in [6.45, 7) is 1.75. The van der Waals surface area contributed by atoms with Crippen molar-refractivity contribution in [1.82, 2.24) is 5.32 Å². The molecule has 1 unspecified atom stereocenters. The first-order valence-corrected chi connectivity index (χ1v) is 4.26. The van der Waals surface area contributed by atoms with Gasteiger partial charge in [0.05, 0.1) is 6.04 Å². The van der Waals surface area contributed by atoms with Crippen LogP contribution in [0.5, 0.6) is 0 Å². The van der Waals surface area contributed by atoms with Gasteiger partial charge in [-0.2, -0.15) is 0 Å². The second-order valence-electron chi connectivity index (χ2n) is 2.96. The maximum atomic E-state index is 11.2. The van der Waals surface area contributed by atoms with Crippen LogP contribution in [0.15, 0.2) is 0 Å². The average molecular weight is 204 g/mol. The van der Waals surface area contributed by atoms with E-state index in [-0.39, 0.29) is 0 Å². The lowest BCUT2D eigenvalue weighted by Crippen LogP contribution is -2.47. The van der Waals surface area contributed by atoms with Gasteiger partial charge in [0.15, 0.2) is 0 Å². The molecule has 0 saturated carbocycles. The van der Waals surface area contributed by atoms with Crippen molar-refractivity contribution in [3.05, 3.63) is 0 Å². The second kappa shape index (κ2) is 6.33. The van der Waals surface area contributed by atoms with Crippen molar-refractivity contribution < 1.29 is 19.4 Å². The van der Waals surface area contributed by atoms with Gasteiger partial charge in [0.25, 0.3) is 0 Å². The third-order valence-electron chi connectivity index (χ3n) is 1.70. The molecule has 0 aliphatic carbocycles. The van der Waals surface area contributed by atoms with Gasteiger partial charge >= 0.3 is 5.97 Å². The summed E-state index contributed by atoms with van der Waals surface area (Å²) >= 11 is 0. The molecule has 6 heteroatoms. The molecule has 0 aromatic carbocycles. The number of carbonyl (C=O) groups is 2. The Labute approximate surface area is 82.4 Å². The van der Waals surface area contributed by atoms with Gasteiger partial charge in [0.2, 0.25) is 5.91 Å². The summed E-state index contributed by atoms with van der Waals surface area (Å²) in [7, 11) is 1.50. The van der Waals surface area contributed by atoms with Crippen molar-refractivity contribution in [2.45, 2.75) is 25.4 Å². The van der Waals surface area contributed by atoms with Gasteiger partial charge in [0.1, 0.15) is 6.04 Å². The molecule has 14 heavy (non-hydrogen) atoms. The highest BCUT2D eigenvalue weighted by Crippen LogP contribution is 1.91. The van der Waals surface area contributed by atoms with Crippen LogP contribution in [0.25, 0.3) is 0 Å². The molecule has 1 amide bonds. The predicted octanol–water partition coefficient (Wildman–Crippen LogP) is -1.06. The van der Waals surface area contributed by atoms with E-state index >= 15 is 0 Å². The van der Waals surface area contributed by atoms with E-state index in [9.17, 15) is 9.59 Å². The number of hydrogen-bond donors (Lipinski definition) is 3. The minimum Gasteiger partial charge on any atom is -0.480 e. The van der Waals surface area contributed by atoms with E-state index in [4.69, 9.17) is 15.6 Å². The summed E-state index contributed by atoms with van der Waals surface area (Å²) in [5.41, 5.74) is 5.47.